The molecule has 0 aliphatic heterocycles. The quantitative estimate of drug-likeness (QED) is 0.429. The van der Waals surface area contributed by atoms with Crippen molar-refractivity contribution in [1.82, 2.24) is 0 Å². The van der Waals surface area contributed by atoms with Crippen LogP contribution >= 0.6 is 0 Å². The first-order valence-corrected chi connectivity index (χ1v) is 8.66. The third-order valence-electron chi connectivity index (χ3n) is 3.07. The van der Waals surface area contributed by atoms with Gasteiger partial charge < -0.3 is 4.74 Å². The summed E-state index contributed by atoms with van der Waals surface area (Å²) in [6.45, 7) is 2.10. The maximum atomic E-state index is 11.7. The molecular weight excluding hydrogens is 292 g/mol. The number of hydrogen-bond donors (Lipinski definition) is 1. The van der Waals surface area contributed by atoms with Crippen LogP contribution in [-0.4, -0.2) is 18.9 Å². The molecule has 0 saturated carbocycles. The summed E-state index contributed by atoms with van der Waals surface area (Å²) in [5.74, 6) is -0.613. The second kappa shape index (κ2) is 8.79. The Kier molecular flexibility index (Phi) is 7.39. The minimum Gasteiger partial charge on any atom is -0.438 e. The Labute approximate surface area is 126 Å². The molecule has 1 atom stereocenters. The van der Waals surface area contributed by atoms with Crippen molar-refractivity contribution in [2.24, 2.45) is 0 Å². The van der Waals surface area contributed by atoms with Crippen LogP contribution in [0.3, 0.4) is 0 Å². The van der Waals surface area contributed by atoms with E-state index in [0.29, 0.717) is 6.42 Å². The molecule has 0 heterocycles. The minimum atomic E-state index is -4.50. The van der Waals surface area contributed by atoms with Crippen LogP contribution in [0.2, 0.25) is 0 Å². The second-order valence-electron chi connectivity index (χ2n) is 4.91. The maximum absolute atomic E-state index is 11.7. The summed E-state index contributed by atoms with van der Waals surface area (Å²) in [5, 5.41) is 0. The third-order valence-corrected chi connectivity index (χ3v) is 3.97. The summed E-state index contributed by atoms with van der Waals surface area (Å²) < 4.78 is 36.9. The molecule has 0 radical (unpaired) electrons. The van der Waals surface area contributed by atoms with Crippen LogP contribution in [0.1, 0.15) is 56.4 Å². The van der Waals surface area contributed by atoms with Crippen LogP contribution in [0.5, 0.6) is 0 Å². The summed E-state index contributed by atoms with van der Waals surface area (Å²) in [6.07, 6.45) is 5.00. The number of hydrogen-bond acceptors (Lipinski definition) is 4. The summed E-state index contributed by atoms with van der Waals surface area (Å²) in [5.41, 5.74) is -1.42. The van der Waals surface area contributed by atoms with Crippen LogP contribution in [0.25, 0.3) is 0 Å². The van der Waals surface area contributed by atoms with E-state index in [4.69, 9.17) is 4.74 Å². The molecule has 6 heteroatoms. The Bertz CT molecular complexity index is 524. The lowest BCUT2D eigenvalue weighted by atomic mass is 10.1. The van der Waals surface area contributed by atoms with Crippen molar-refractivity contribution in [2.75, 3.05) is 0 Å². The van der Waals surface area contributed by atoms with Gasteiger partial charge >= 0.3 is 16.1 Å². The van der Waals surface area contributed by atoms with Crippen molar-refractivity contribution in [2.45, 2.75) is 50.9 Å². The Morgan fingerprint density at radius 2 is 1.76 bits per heavy atom. The van der Waals surface area contributed by atoms with E-state index < -0.39 is 21.5 Å². The SMILES string of the molecule is CCCCCCCC(=O)OC(c1ccccc1)S(=O)(=O)O. The Hall–Kier alpha value is -1.40. The van der Waals surface area contributed by atoms with Crippen molar-refractivity contribution in [3.63, 3.8) is 0 Å². The van der Waals surface area contributed by atoms with Crippen molar-refractivity contribution < 1.29 is 22.5 Å². The van der Waals surface area contributed by atoms with Crippen LogP contribution < -0.4 is 0 Å². The number of unbranched alkanes of at least 4 members (excludes halogenated alkanes) is 4. The van der Waals surface area contributed by atoms with E-state index in [0.717, 1.165) is 25.7 Å². The lowest BCUT2D eigenvalue weighted by molar-refractivity contribution is -0.146. The van der Waals surface area contributed by atoms with Crippen LogP contribution in [0.15, 0.2) is 30.3 Å². The first-order valence-electron chi connectivity index (χ1n) is 7.16. The smallest absolute Gasteiger partial charge is 0.308 e. The van der Waals surface area contributed by atoms with Crippen LogP contribution in [-0.2, 0) is 19.6 Å². The maximum Gasteiger partial charge on any atom is 0.308 e. The molecular formula is C15H22O5S. The molecule has 0 spiro atoms. The highest BCUT2D eigenvalue weighted by molar-refractivity contribution is 7.85. The van der Waals surface area contributed by atoms with Crippen LogP contribution in [0.4, 0.5) is 0 Å². The van der Waals surface area contributed by atoms with Gasteiger partial charge in [0.15, 0.2) is 0 Å². The predicted molar refractivity (Wildman–Crippen MR) is 80.2 cm³/mol. The number of benzene rings is 1. The van der Waals surface area contributed by atoms with Gasteiger partial charge in [-0.2, -0.15) is 8.42 Å². The molecule has 0 amide bonds. The van der Waals surface area contributed by atoms with Gasteiger partial charge in [-0.25, -0.2) is 0 Å². The van der Waals surface area contributed by atoms with E-state index in [1.54, 1.807) is 18.2 Å². The lowest BCUT2D eigenvalue weighted by Gasteiger charge is -2.15. The molecule has 1 aromatic carbocycles. The molecule has 1 aromatic rings. The van der Waals surface area contributed by atoms with Gasteiger partial charge in [0.2, 0.25) is 0 Å². The topological polar surface area (TPSA) is 80.7 Å². The molecule has 0 aromatic heterocycles. The summed E-state index contributed by atoms with van der Waals surface area (Å²) >= 11 is 0. The van der Waals surface area contributed by atoms with Gasteiger partial charge in [-0.3, -0.25) is 9.35 Å². The van der Waals surface area contributed by atoms with Gasteiger partial charge in [-0.1, -0.05) is 62.9 Å². The number of carbonyl (C=O) groups excluding carboxylic acids is 1. The zero-order valence-electron chi connectivity index (χ0n) is 12.2. The molecule has 1 unspecified atom stereocenters. The van der Waals surface area contributed by atoms with Crippen molar-refractivity contribution in [3.8, 4) is 0 Å². The van der Waals surface area contributed by atoms with Crippen molar-refractivity contribution in [1.29, 1.82) is 0 Å². The minimum absolute atomic E-state index is 0.155. The fourth-order valence-corrected chi connectivity index (χ4v) is 2.69. The molecule has 0 saturated heterocycles. The number of esters is 1. The third kappa shape index (κ3) is 6.73. The summed E-state index contributed by atoms with van der Waals surface area (Å²) in [6, 6.07) is 7.93. The van der Waals surface area contributed by atoms with Crippen molar-refractivity contribution in [3.05, 3.63) is 35.9 Å². The normalized spacial score (nSPS) is 12.9. The monoisotopic (exact) mass is 314 g/mol. The van der Waals surface area contributed by atoms with E-state index in [1.807, 2.05) is 0 Å². The first-order chi connectivity index (χ1) is 9.95. The van der Waals surface area contributed by atoms with Gasteiger partial charge in [-0.05, 0) is 6.42 Å². The average molecular weight is 314 g/mol. The van der Waals surface area contributed by atoms with Crippen molar-refractivity contribution >= 4 is 16.1 Å². The standard InChI is InChI=1S/C15H22O5S/c1-2-3-4-5-9-12-14(16)20-15(21(17,18)19)13-10-7-6-8-11-13/h6-8,10-11,15H,2-5,9,12H2,1H3,(H,17,18,19). The van der Waals surface area contributed by atoms with E-state index in [2.05, 4.69) is 6.92 Å². The zero-order chi connectivity index (χ0) is 15.7. The van der Waals surface area contributed by atoms with Gasteiger partial charge in [0, 0.05) is 12.0 Å². The Morgan fingerprint density at radius 3 is 2.33 bits per heavy atom. The highest BCUT2D eigenvalue weighted by atomic mass is 32.2. The highest BCUT2D eigenvalue weighted by Crippen LogP contribution is 2.23. The van der Waals surface area contributed by atoms with E-state index in [1.165, 1.54) is 12.1 Å². The number of ether oxygens (including phenoxy) is 1. The first kappa shape index (κ1) is 17.7. The molecule has 118 valence electrons. The molecule has 1 N–H and O–H groups in total. The van der Waals surface area contributed by atoms with Gasteiger partial charge in [0.25, 0.3) is 5.44 Å². The molecule has 0 aliphatic rings. The zero-order valence-corrected chi connectivity index (χ0v) is 13.0. The Balaban J connectivity index is 2.57. The molecule has 0 aliphatic carbocycles. The molecule has 5 nitrogen and oxygen atoms in total. The van der Waals surface area contributed by atoms with Gasteiger partial charge in [0.05, 0.1) is 0 Å². The molecule has 0 fully saturated rings. The van der Waals surface area contributed by atoms with Crippen LogP contribution in [0, 0.1) is 0 Å². The summed E-state index contributed by atoms with van der Waals surface area (Å²) in [7, 11) is -4.50. The van der Waals surface area contributed by atoms with Gasteiger partial charge in [-0.15, -0.1) is 0 Å². The predicted octanol–water partition coefficient (Wildman–Crippen LogP) is 3.48. The molecule has 1 rings (SSSR count). The van der Waals surface area contributed by atoms with E-state index >= 15 is 0 Å². The van der Waals surface area contributed by atoms with E-state index in [9.17, 15) is 17.8 Å². The summed E-state index contributed by atoms with van der Waals surface area (Å²) in [4.78, 5) is 11.7. The second-order valence-corrected chi connectivity index (χ2v) is 6.37. The lowest BCUT2D eigenvalue weighted by Crippen LogP contribution is -2.19. The average Bonchev–Trinajstić information content (AvgIpc) is 2.44. The molecule has 0 bridgehead atoms. The Morgan fingerprint density at radius 1 is 1.14 bits per heavy atom. The van der Waals surface area contributed by atoms with E-state index in [-0.39, 0.29) is 12.0 Å². The number of carbonyl (C=O) groups is 1. The van der Waals surface area contributed by atoms with Gasteiger partial charge in [0.1, 0.15) is 0 Å². The highest BCUT2D eigenvalue weighted by Gasteiger charge is 2.28. The largest absolute Gasteiger partial charge is 0.438 e. The molecule has 21 heavy (non-hydrogen) atoms. The number of rotatable bonds is 9. The fourth-order valence-electron chi connectivity index (χ4n) is 1.96. The fraction of sp³-hybridized carbons (Fsp3) is 0.533.